The van der Waals surface area contributed by atoms with Crippen LogP contribution in [-0.4, -0.2) is 99.6 Å². The van der Waals surface area contributed by atoms with Crippen molar-refractivity contribution in [2.24, 2.45) is 0 Å². The summed E-state index contributed by atoms with van der Waals surface area (Å²) in [5, 5.41) is 56.9. The summed E-state index contributed by atoms with van der Waals surface area (Å²) in [5.41, 5.74) is 0. The van der Waals surface area contributed by atoms with Gasteiger partial charge in [-0.15, -0.1) is 0 Å². The fourth-order valence-corrected chi connectivity index (χ4v) is 10.6. The third-order valence-electron chi connectivity index (χ3n) is 15.9. The van der Waals surface area contributed by atoms with Crippen molar-refractivity contribution >= 4 is 11.9 Å². The summed E-state index contributed by atoms with van der Waals surface area (Å²) < 4.78 is 17.6. The lowest BCUT2D eigenvalue weighted by atomic mass is 9.99. The topological polar surface area (TPSA) is 175 Å². The Morgan fingerprint density at radius 2 is 0.870 bits per heavy atom. The van der Waals surface area contributed by atoms with E-state index >= 15 is 0 Å². The predicted molar refractivity (Wildman–Crippen MR) is 320 cm³/mol. The molecule has 1 fully saturated rings. The molecule has 0 aliphatic carbocycles. The number of rotatable bonds is 57. The summed E-state index contributed by atoms with van der Waals surface area (Å²) in [5.74, 6) is -1.19. The van der Waals surface area contributed by atoms with Crippen LogP contribution in [0.3, 0.4) is 0 Å². The van der Waals surface area contributed by atoms with E-state index in [0.29, 0.717) is 19.3 Å². The van der Waals surface area contributed by atoms with Gasteiger partial charge in [0.15, 0.2) is 12.4 Å². The number of hydrogen-bond acceptors (Lipinski definition) is 10. The van der Waals surface area contributed by atoms with Crippen molar-refractivity contribution in [2.45, 2.75) is 372 Å². The molecule has 1 saturated heterocycles. The molecule has 0 aromatic rings. The number of aliphatic hydroxyl groups excluding tert-OH is 5. The van der Waals surface area contributed by atoms with E-state index in [0.717, 1.165) is 77.0 Å². The number of aliphatic hydroxyl groups is 5. The van der Waals surface area contributed by atoms with Crippen LogP contribution in [0.25, 0.3) is 0 Å². The first-order valence-electron chi connectivity index (χ1n) is 33.1. The fourth-order valence-electron chi connectivity index (χ4n) is 10.6. The van der Waals surface area contributed by atoms with Crippen molar-refractivity contribution in [2.75, 3.05) is 13.2 Å². The Morgan fingerprint density at radius 1 is 0.494 bits per heavy atom. The maximum atomic E-state index is 13.4. The second-order valence-electron chi connectivity index (χ2n) is 23.2. The van der Waals surface area contributed by atoms with Gasteiger partial charge in [0, 0.05) is 6.42 Å². The Bertz CT molecular complexity index is 1350. The van der Waals surface area contributed by atoms with Crippen LogP contribution in [-0.2, 0) is 23.8 Å². The normalized spacial score (nSPS) is 19.1. The van der Waals surface area contributed by atoms with Gasteiger partial charge in [0.05, 0.1) is 25.4 Å². The van der Waals surface area contributed by atoms with Crippen molar-refractivity contribution in [3.63, 3.8) is 0 Å². The standard InChI is InChI=1S/C66H125NO10/c1-4-7-10-13-16-19-22-23-24-25-26-27-28-29-30-31-32-33-34-35-36-39-41-44-47-50-53-59(70)65(74)67-57(58(69)52-49-46-43-40-37-20-17-14-11-8-5-2)56-75-66-64(63(73)62(72)60(55-68)76-66)77-61(71)54-51-48-45-42-38-21-18-15-12-9-6-3/h15,18,49,52,57-60,62-64,66,68-70,72-73H,4-14,16-17,19-48,50-51,53-56H2,1-3H3,(H,67,74)/b18-15-,52-49+. The number of amides is 1. The smallest absolute Gasteiger partial charge is 0.306 e. The van der Waals surface area contributed by atoms with Crippen LogP contribution in [0.5, 0.6) is 0 Å². The number of unbranched alkanes of at least 4 members (excludes halogenated alkanes) is 41. The fraction of sp³-hybridized carbons (Fsp3) is 0.909. The molecule has 0 spiro atoms. The van der Waals surface area contributed by atoms with E-state index in [1.165, 1.54) is 199 Å². The highest BCUT2D eigenvalue weighted by atomic mass is 16.7. The van der Waals surface area contributed by atoms with E-state index < -0.39 is 67.4 Å². The van der Waals surface area contributed by atoms with Crippen molar-refractivity contribution < 1.29 is 49.3 Å². The van der Waals surface area contributed by atoms with E-state index in [2.05, 4.69) is 38.2 Å². The van der Waals surface area contributed by atoms with Gasteiger partial charge < -0.3 is 45.1 Å². The van der Waals surface area contributed by atoms with Crippen LogP contribution in [0, 0.1) is 0 Å². The Hall–Kier alpha value is -1.86. The van der Waals surface area contributed by atoms with E-state index in [1.54, 1.807) is 6.08 Å². The van der Waals surface area contributed by atoms with Gasteiger partial charge in [0.25, 0.3) is 0 Å². The molecule has 8 atom stereocenters. The first kappa shape index (κ1) is 73.2. The van der Waals surface area contributed by atoms with Crippen LogP contribution in [0.2, 0.25) is 0 Å². The third kappa shape index (κ3) is 42.6. The lowest BCUT2D eigenvalue weighted by Gasteiger charge is -2.41. The predicted octanol–water partition coefficient (Wildman–Crippen LogP) is 16.1. The maximum Gasteiger partial charge on any atom is 0.306 e. The minimum absolute atomic E-state index is 0.116. The van der Waals surface area contributed by atoms with Gasteiger partial charge in [-0.25, -0.2) is 0 Å². The van der Waals surface area contributed by atoms with Crippen molar-refractivity contribution in [3.05, 3.63) is 24.3 Å². The van der Waals surface area contributed by atoms with Gasteiger partial charge in [0.2, 0.25) is 5.91 Å². The number of allylic oxidation sites excluding steroid dienone is 3. The van der Waals surface area contributed by atoms with Crippen molar-refractivity contribution in [1.82, 2.24) is 5.32 Å². The molecule has 77 heavy (non-hydrogen) atoms. The largest absolute Gasteiger partial charge is 0.454 e. The average molecular weight is 1090 g/mol. The van der Waals surface area contributed by atoms with Crippen LogP contribution < -0.4 is 5.32 Å². The molecule has 8 unspecified atom stereocenters. The molecule has 11 nitrogen and oxygen atoms in total. The second-order valence-corrected chi connectivity index (χ2v) is 23.2. The molecular weight excluding hydrogens is 967 g/mol. The number of ether oxygens (including phenoxy) is 3. The zero-order valence-corrected chi connectivity index (χ0v) is 50.4. The Kier molecular flexibility index (Phi) is 52.0. The molecule has 1 rings (SSSR count). The Morgan fingerprint density at radius 3 is 1.30 bits per heavy atom. The Labute approximate surface area is 473 Å². The summed E-state index contributed by atoms with van der Waals surface area (Å²) >= 11 is 0. The molecule has 0 radical (unpaired) electrons. The lowest BCUT2D eigenvalue weighted by Crippen LogP contribution is -2.61. The van der Waals surface area contributed by atoms with Gasteiger partial charge in [-0.05, 0) is 44.9 Å². The zero-order valence-electron chi connectivity index (χ0n) is 50.4. The van der Waals surface area contributed by atoms with Gasteiger partial charge in [0.1, 0.15) is 24.4 Å². The molecule has 1 heterocycles. The minimum Gasteiger partial charge on any atom is -0.454 e. The molecule has 0 bridgehead atoms. The molecule has 454 valence electrons. The van der Waals surface area contributed by atoms with Crippen LogP contribution in [0.1, 0.15) is 323 Å². The van der Waals surface area contributed by atoms with E-state index in [1.807, 2.05) is 6.08 Å². The Balaban J connectivity index is 2.52. The molecule has 0 aromatic carbocycles. The van der Waals surface area contributed by atoms with Crippen molar-refractivity contribution in [1.29, 1.82) is 0 Å². The zero-order chi connectivity index (χ0) is 56.1. The molecular formula is C66H125NO10. The van der Waals surface area contributed by atoms with E-state index in [4.69, 9.17) is 14.2 Å². The number of carbonyl (C=O) groups excluding carboxylic acids is 2. The second kappa shape index (κ2) is 54.7. The van der Waals surface area contributed by atoms with Crippen LogP contribution >= 0.6 is 0 Å². The number of esters is 1. The molecule has 0 aromatic heterocycles. The first-order chi connectivity index (χ1) is 37.7. The number of hydrogen-bond donors (Lipinski definition) is 6. The highest BCUT2D eigenvalue weighted by Gasteiger charge is 2.47. The van der Waals surface area contributed by atoms with Crippen LogP contribution in [0.15, 0.2) is 24.3 Å². The molecule has 6 N–H and O–H groups in total. The summed E-state index contributed by atoms with van der Waals surface area (Å²) in [6, 6.07) is -1.02. The van der Waals surface area contributed by atoms with E-state index in [-0.39, 0.29) is 13.0 Å². The summed E-state index contributed by atoms with van der Waals surface area (Å²) in [7, 11) is 0. The highest BCUT2D eigenvalue weighted by Crippen LogP contribution is 2.26. The molecule has 1 amide bonds. The van der Waals surface area contributed by atoms with Crippen LogP contribution in [0.4, 0.5) is 0 Å². The quantitative estimate of drug-likeness (QED) is 0.0195. The number of carbonyl (C=O) groups is 2. The minimum atomic E-state index is -1.61. The van der Waals surface area contributed by atoms with Gasteiger partial charge in [-0.3, -0.25) is 9.59 Å². The van der Waals surface area contributed by atoms with Gasteiger partial charge in [-0.2, -0.15) is 0 Å². The lowest BCUT2D eigenvalue weighted by molar-refractivity contribution is -0.305. The molecule has 1 aliphatic heterocycles. The SMILES string of the molecule is CCCC/C=C\CCCCCCCC(=O)OC1C(OCC(NC(=O)C(O)CCCCCCCCCCCCCCCCCCCCCCCCCCCC)C(O)/C=C/CCCCCCCCCCC)OC(CO)C(O)C1O. The monoisotopic (exact) mass is 1090 g/mol. The summed E-state index contributed by atoms with van der Waals surface area (Å²) in [6.45, 7) is 5.76. The molecule has 0 saturated carbocycles. The average Bonchev–Trinajstić information content (AvgIpc) is 3.43. The summed E-state index contributed by atoms with van der Waals surface area (Å²) in [4.78, 5) is 26.5. The van der Waals surface area contributed by atoms with Gasteiger partial charge in [-0.1, -0.05) is 295 Å². The maximum absolute atomic E-state index is 13.4. The van der Waals surface area contributed by atoms with Crippen molar-refractivity contribution in [3.8, 4) is 0 Å². The third-order valence-corrected chi connectivity index (χ3v) is 15.9. The summed E-state index contributed by atoms with van der Waals surface area (Å²) in [6.07, 6.45) is 54.0. The highest BCUT2D eigenvalue weighted by molar-refractivity contribution is 5.80. The number of nitrogens with one attached hydrogen (secondary N) is 1. The molecule has 11 heteroatoms. The van der Waals surface area contributed by atoms with E-state index in [9.17, 15) is 35.1 Å². The first-order valence-corrected chi connectivity index (χ1v) is 33.1. The molecule has 1 aliphatic rings. The van der Waals surface area contributed by atoms with Gasteiger partial charge >= 0.3 is 5.97 Å².